The molecule has 0 saturated heterocycles. The van der Waals surface area contributed by atoms with Gasteiger partial charge in [0.2, 0.25) is 0 Å². The Balaban J connectivity index is 1.95. The first-order chi connectivity index (χ1) is 11.0. The first-order valence-electron chi connectivity index (χ1n) is 6.86. The standard InChI is InChI=1S/C16H15FN2O4/c1-18(10-11-23-13-8-6-12(17)7-9-13)16(20)14-4-2-3-5-15(14)19(21)22/h2-9H,10-11H2,1H3. The molecule has 0 N–H and O–H groups in total. The zero-order valence-corrected chi connectivity index (χ0v) is 12.4. The molecule has 0 heterocycles. The molecule has 23 heavy (non-hydrogen) atoms. The van der Waals surface area contributed by atoms with E-state index in [0.717, 1.165) is 0 Å². The topological polar surface area (TPSA) is 72.7 Å². The number of carbonyl (C=O) groups is 1. The average Bonchev–Trinajstić information content (AvgIpc) is 2.55. The Kier molecular flexibility index (Phi) is 5.24. The molecule has 0 aliphatic heterocycles. The lowest BCUT2D eigenvalue weighted by molar-refractivity contribution is -0.385. The maximum Gasteiger partial charge on any atom is 0.282 e. The van der Waals surface area contributed by atoms with Gasteiger partial charge in [-0.2, -0.15) is 0 Å². The van der Waals surface area contributed by atoms with Crippen LogP contribution in [0.2, 0.25) is 0 Å². The molecule has 6 nitrogen and oxygen atoms in total. The maximum absolute atomic E-state index is 12.8. The number of rotatable bonds is 6. The second-order valence-electron chi connectivity index (χ2n) is 4.80. The predicted octanol–water partition coefficient (Wildman–Crippen LogP) is 2.88. The first kappa shape index (κ1) is 16.4. The number of ether oxygens (including phenoxy) is 1. The van der Waals surface area contributed by atoms with E-state index in [1.54, 1.807) is 6.07 Å². The van der Waals surface area contributed by atoms with Crippen molar-refractivity contribution in [1.82, 2.24) is 4.90 Å². The van der Waals surface area contributed by atoms with Crippen molar-refractivity contribution in [3.05, 3.63) is 70.0 Å². The lowest BCUT2D eigenvalue weighted by Crippen LogP contribution is -2.31. The molecule has 0 aromatic heterocycles. The third-order valence-electron chi connectivity index (χ3n) is 3.19. The second-order valence-corrected chi connectivity index (χ2v) is 4.80. The summed E-state index contributed by atoms with van der Waals surface area (Å²) >= 11 is 0. The molecule has 0 fully saturated rings. The summed E-state index contributed by atoms with van der Waals surface area (Å²) in [5, 5.41) is 11.0. The molecule has 0 spiro atoms. The van der Waals surface area contributed by atoms with E-state index in [1.165, 1.54) is 54.4 Å². The van der Waals surface area contributed by atoms with Gasteiger partial charge in [-0.15, -0.1) is 0 Å². The highest BCUT2D eigenvalue weighted by atomic mass is 19.1. The average molecular weight is 318 g/mol. The number of nitrogens with zero attached hydrogens (tertiary/aromatic N) is 2. The number of carbonyl (C=O) groups excluding carboxylic acids is 1. The highest BCUT2D eigenvalue weighted by Crippen LogP contribution is 2.19. The number of halogens is 1. The molecule has 0 bridgehead atoms. The normalized spacial score (nSPS) is 10.2. The van der Waals surface area contributed by atoms with Crippen molar-refractivity contribution >= 4 is 11.6 Å². The minimum atomic E-state index is -0.587. The summed E-state index contributed by atoms with van der Waals surface area (Å²) < 4.78 is 18.2. The van der Waals surface area contributed by atoms with Gasteiger partial charge < -0.3 is 9.64 Å². The SMILES string of the molecule is CN(CCOc1ccc(F)cc1)C(=O)c1ccccc1[N+](=O)[O-]. The number of amides is 1. The van der Waals surface area contributed by atoms with Crippen LogP contribution >= 0.6 is 0 Å². The van der Waals surface area contributed by atoms with Crippen LogP contribution in [0.1, 0.15) is 10.4 Å². The number of hydrogen-bond acceptors (Lipinski definition) is 4. The van der Waals surface area contributed by atoms with Gasteiger partial charge in [-0.1, -0.05) is 12.1 Å². The first-order valence-corrected chi connectivity index (χ1v) is 6.86. The number of benzene rings is 2. The maximum atomic E-state index is 12.8. The van der Waals surface area contributed by atoms with Gasteiger partial charge >= 0.3 is 0 Å². The van der Waals surface area contributed by atoms with Gasteiger partial charge in [0.1, 0.15) is 23.7 Å². The highest BCUT2D eigenvalue weighted by Gasteiger charge is 2.21. The molecule has 0 atom stereocenters. The van der Waals surface area contributed by atoms with Crippen LogP contribution in [0.15, 0.2) is 48.5 Å². The van der Waals surface area contributed by atoms with E-state index >= 15 is 0 Å². The number of likely N-dealkylation sites (N-methyl/N-ethyl adjacent to an activating group) is 1. The van der Waals surface area contributed by atoms with Crippen LogP contribution < -0.4 is 4.74 Å². The van der Waals surface area contributed by atoms with E-state index in [-0.39, 0.29) is 30.2 Å². The quantitative estimate of drug-likeness (QED) is 0.606. The Hall–Kier alpha value is -2.96. The van der Waals surface area contributed by atoms with E-state index < -0.39 is 10.8 Å². The van der Waals surface area contributed by atoms with Crippen molar-refractivity contribution in [2.45, 2.75) is 0 Å². The summed E-state index contributed by atoms with van der Waals surface area (Å²) in [4.78, 5) is 24.0. The van der Waals surface area contributed by atoms with Crippen molar-refractivity contribution in [3.8, 4) is 5.75 Å². The van der Waals surface area contributed by atoms with Crippen molar-refractivity contribution in [2.24, 2.45) is 0 Å². The summed E-state index contributed by atoms with van der Waals surface area (Å²) in [5.41, 5.74) is -0.203. The van der Waals surface area contributed by atoms with Gasteiger partial charge in [-0.3, -0.25) is 14.9 Å². The zero-order chi connectivity index (χ0) is 16.8. The van der Waals surface area contributed by atoms with Crippen LogP contribution in [0, 0.1) is 15.9 Å². The minimum Gasteiger partial charge on any atom is -0.492 e. The van der Waals surface area contributed by atoms with Gasteiger partial charge in [-0.05, 0) is 30.3 Å². The minimum absolute atomic E-state index is 0.0294. The Morgan fingerprint density at radius 3 is 2.52 bits per heavy atom. The lowest BCUT2D eigenvalue weighted by atomic mass is 10.1. The fourth-order valence-electron chi connectivity index (χ4n) is 1.95. The summed E-state index contributed by atoms with van der Waals surface area (Å²) in [6, 6.07) is 11.3. The van der Waals surface area contributed by atoms with Crippen LogP contribution in [-0.4, -0.2) is 35.9 Å². The molecule has 0 unspecified atom stereocenters. The monoisotopic (exact) mass is 318 g/mol. The zero-order valence-electron chi connectivity index (χ0n) is 12.4. The fourth-order valence-corrected chi connectivity index (χ4v) is 1.95. The van der Waals surface area contributed by atoms with Gasteiger partial charge in [0.25, 0.3) is 11.6 Å². The van der Waals surface area contributed by atoms with Crippen LogP contribution in [-0.2, 0) is 0 Å². The van der Waals surface area contributed by atoms with E-state index in [1.807, 2.05) is 0 Å². The molecule has 0 aliphatic rings. The number of nitro groups is 1. The van der Waals surface area contributed by atoms with Crippen molar-refractivity contribution in [2.75, 3.05) is 20.2 Å². The highest BCUT2D eigenvalue weighted by molar-refractivity contribution is 5.97. The smallest absolute Gasteiger partial charge is 0.282 e. The van der Waals surface area contributed by atoms with Crippen LogP contribution in [0.3, 0.4) is 0 Å². The molecule has 0 saturated carbocycles. The Bertz CT molecular complexity index is 703. The fraction of sp³-hybridized carbons (Fsp3) is 0.188. The summed E-state index contributed by atoms with van der Waals surface area (Å²) in [6.45, 7) is 0.427. The Labute approximate surface area is 132 Å². The third kappa shape index (κ3) is 4.26. The number of para-hydroxylation sites is 1. The molecular formula is C16H15FN2O4. The molecule has 0 aliphatic carbocycles. The van der Waals surface area contributed by atoms with Crippen LogP contribution in [0.25, 0.3) is 0 Å². The lowest BCUT2D eigenvalue weighted by Gasteiger charge is -2.17. The van der Waals surface area contributed by atoms with Gasteiger partial charge in [0.05, 0.1) is 11.5 Å². The summed E-state index contributed by atoms with van der Waals surface area (Å²) in [6.07, 6.45) is 0. The molecule has 0 radical (unpaired) electrons. The van der Waals surface area contributed by atoms with Crippen molar-refractivity contribution < 1.29 is 18.8 Å². The molecule has 2 aromatic carbocycles. The van der Waals surface area contributed by atoms with Crippen LogP contribution in [0.5, 0.6) is 5.75 Å². The number of nitro benzene ring substituents is 1. The van der Waals surface area contributed by atoms with Gasteiger partial charge in [0, 0.05) is 13.1 Å². The largest absolute Gasteiger partial charge is 0.492 e. The predicted molar refractivity (Wildman–Crippen MR) is 82.0 cm³/mol. The molecule has 1 amide bonds. The molecule has 120 valence electrons. The van der Waals surface area contributed by atoms with E-state index in [9.17, 15) is 19.3 Å². The van der Waals surface area contributed by atoms with Crippen LogP contribution in [0.4, 0.5) is 10.1 Å². The third-order valence-corrected chi connectivity index (χ3v) is 3.19. The van der Waals surface area contributed by atoms with Crippen molar-refractivity contribution in [3.63, 3.8) is 0 Å². The van der Waals surface area contributed by atoms with E-state index in [2.05, 4.69) is 0 Å². The summed E-state index contributed by atoms with van der Waals surface area (Å²) in [5.74, 6) is -0.334. The van der Waals surface area contributed by atoms with Crippen molar-refractivity contribution in [1.29, 1.82) is 0 Å². The second kappa shape index (κ2) is 7.35. The molecule has 7 heteroatoms. The molecular weight excluding hydrogens is 303 g/mol. The Morgan fingerprint density at radius 2 is 1.87 bits per heavy atom. The Morgan fingerprint density at radius 1 is 1.22 bits per heavy atom. The van der Waals surface area contributed by atoms with E-state index in [0.29, 0.717) is 5.75 Å². The molecule has 2 rings (SSSR count). The number of hydrogen-bond donors (Lipinski definition) is 0. The molecule has 2 aromatic rings. The van der Waals surface area contributed by atoms with Gasteiger partial charge in [0.15, 0.2) is 0 Å². The van der Waals surface area contributed by atoms with E-state index in [4.69, 9.17) is 4.74 Å². The van der Waals surface area contributed by atoms with Gasteiger partial charge in [-0.25, -0.2) is 4.39 Å². The summed E-state index contributed by atoms with van der Waals surface area (Å²) in [7, 11) is 1.53.